The van der Waals surface area contributed by atoms with Crippen molar-refractivity contribution < 1.29 is 0 Å². The van der Waals surface area contributed by atoms with E-state index in [2.05, 4.69) is 32.8 Å². The molecule has 0 radical (unpaired) electrons. The zero-order valence-corrected chi connectivity index (χ0v) is 13.6. The summed E-state index contributed by atoms with van der Waals surface area (Å²) in [5, 5.41) is 10.1. The van der Waals surface area contributed by atoms with Gasteiger partial charge >= 0.3 is 0 Å². The van der Waals surface area contributed by atoms with Gasteiger partial charge in [0, 0.05) is 44.0 Å². The van der Waals surface area contributed by atoms with Gasteiger partial charge in [-0.1, -0.05) is 0 Å². The minimum atomic E-state index is 0.642. The lowest BCUT2D eigenvalue weighted by Crippen LogP contribution is -2.38. The third-order valence-corrected chi connectivity index (χ3v) is 4.77. The smallest absolute Gasteiger partial charge is 0.191 e. The molecule has 2 fully saturated rings. The second kappa shape index (κ2) is 7.11. The summed E-state index contributed by atoms with van der Waals surface area (Å²) in [6.07, 6.45) is 6.08. The fraction of sp³-hybridized carbons (Fsp3) is 0.733. The van der Waals surface area contributed by atoms with Crippen LogP contribution in [-0.2, 0) is 6.42 Å². The Morgan fingerprint density at radius 1 is 1.43 bits per heavy atom. The molecule has 21 heavy (non-hydrogen) atoms. The molecule has 1 saturated heterocycles. The normalized spacial score (nSPS) is 19.1. The van der Waals surface area contributed by atoms with Crippen LogP contribution in [0.5, 0.6) is 0 Å². The highest BCUT2D eigenvalue weighted by Gasteiger charge is 2.22. The van der Waals surface area contributed by atoms with E-state index in [1.54, 1.807) is 11.3 Å². The molecule has 2 heterocycles. The molecule has 1 aliphatic carbocycles. The van der Waals surface area contributed by atoms with Gasteiger partial charge in [0.2, 0.25) is 0 Å². The SMILES string of the molecule is CCNC(=NCCc1csc(N2CCCC2)n1)NC1CC1. The van der Waals surface area contributed by atoms with E-state index in [1.807, 2.05) is 0 Å². The molecule has 1 aromatic rings. The number of hydrogen-bond donors (Lipinski definition) is 2. The molecule has 0 spiro atoms. The molecule has 2 N–H and O–H groups in total. The molecular weight excluding hydrogens is 282 g/mol. The zero-order chi connectivity index (χ0) is 14.5. The molecule has 0 atom stereocenters. The topological polar surface area (TPSA) is 52.6 Å². The first kappa shape index (κ1) is 14.6. The van der Waals surface area contributed by atoms with Crippen LogP contribution < -0.4 is 15.5 Å². The maximum absolute atomic E-state index is 4.74. The number of thiazole rings is 1. The molecule has 0 bridgehead atoms. The summed E-state index contributed by atoms with van der Waals surface area (Å²) in [5.74, 6) is 0.954. The number of hydrogen-bond acceptors (Lipinski definition) is 4. The van der Waals surface area contributed by atoms with E-state index >= 15 is 0 Å². The Bertz CT molecular complexity index is 474. The van der Waals surface area contributed by atoms with Gasteiger partial charge in [0.05, 0.1) is 5.69 Å². The van der Waals surface area contributed by atoms with Gasteiger partial charge in [-0.25, -0.2) is 4.98 Å². The van der Waals surface area contributed by atoms with E-state index in [-0.39, 0.29) is 0 Å². The maximum Gasteiger partial charge on any atom is 0.191 e. The van der Waals surface area contributed by atoms with Crippen LogP contribution in [-0.4, -0.2) is 43.2 Å². The highest BCUT2D eigenvalue weighted by molar-refractivity contribution is 7.13. The molecule has 3 rings (SSSR count). The van der Waals surface area contributed by atoms with Crippen LogP contribution >= 0.6 is 11.3 Å². The number of anilines is 1. The van der Waals surface area contributed by atoms with Gasteiger partial charge < -0.3 is 15.5 Å². The molecule has 0 unspecified atom stereocenters. The predicted molar refractivity (Wildman–Crippen MR) is 89.4 cm³/mol. The molecule has 1 aliphatic heterocycles. The van der Waals surface area contributed by atoms with Gasteiger partial charge in [-0.2, -0.15) is 0 Å². The summed E-state index contributed by atoms with van der Waals surface area (Å²) in [5.41, 5.74) is 1.17. The standard InChI is InChI=1S/C15H25N5S/c1-2-16-14(18-12-5-6-12)17-8-7-13-11-21-15(19-13)20-9-3-4-10-20/h11-12H,2-10H2,1H3,(H2,16,17,18). The van der Waals surface area contributed by atoms with Gasteiger partial charge in [0.25, 0.3) is 0 Å². The largest absolute Gasteiger partial charge is 0.357 e. The van der Waals surface area contributed by atoms with E-state index in [9.17, 15) is 0 Å². The van der Waals surface area contributed by atoms with Crippen molar-refractivity contribution in [2.75, 3.05) is 31.1 Å². The fourth-order valence-corrected chi connectivity index (χ4v) is 3.40. The average molecular weight is 307 g/mol. The molecule has 1 saturated carbocycles. The van der Waals surface area contributed by atoms with Crippen molar-refractivity contribution in [3.8, 4) is 0 Å². The first-order valence-corrected chi connectivity index (χ1v) is 8.97. The third-order valence-electron chi connectivity index (χ3n) is 3.82. The molecule has 1 aromatic heterocycles. The second-order valence-corrected chi connectivity index (χ2v) is 6.58. The lowest BCUT2D eigenvalue weighted by atomic mass is 10.3. The summed E-state index contributed by atoms with van der Waals surface area (Å²) < 4.78 is 0. The fourth-order valence-electron chi connectivity index (χ4n) is 2.49. The van der Waals surface area contributed by atoms with Crippen LogP contribution in [0, 0.1) is 0 Å². The molecule has 116 valence electrons. The van der Waals surface area contributed by atoms with Crippen molar-refractivity contribution in [2.45, 2.75) is 45.1 Å². The first-order valence-electron chi connectivity index (χ1n) is 8.09. The van der Waals surface area contributed by atoms with Crippen LogP contribution in [0.15, 0.2) is 10.4 Å². The van der Waals surface area contributed by atoms with E-state index in [0.717, 1.165) is 25.5 Å². The lowest BCUT2D eigenvalue weighted by Gasteiger charge is -2.12. The quantitative estimate of drug-likeness (QED) is 0.623. The van der Waals surface area contributed by atoms with Crippen LogP contribution in [0.25, 0.3) is 0 Å². The summed E-state index contributed by atoms with van der Waals surface area (Å²) in [4.78, 5) is 11.8. The number of aromatic nitrogens is 1. The Morgan fingerprint density at radius 3 is 2.95 bits per heavy atom. The zero-order valence-electron chi connectivity index (χ0n) is 12.8. The van der Waals surface area contributed by atoms with Crippen molar-refractivity contribution in [3.63, 3.8) is 0 Å². The summed E-state index contributed by atoms with van der Waals surface area (Å²) in [6.45, 7) is 6.15. The van der Waals surface area contributed by atoms with Crippen LogP contribution in [0.4, 0.5) is 5.13 Å². The Labute approximate surface area is 130 Å². The van der Waals surface area contributed by atoms with Gasteiger partial charge in [0.15, 0.2) is 11.1 Å². The molecule has 0 amide bonds. The van der Waals surface area contributed by atoms with E-state index in [1.165, 1.54) is 49.6 Å². The van der Waals surface area contributed by atoms with Gasteiger partial charge in [-0.05, 0) is 32.6 Å². The van der Waals surface area contributed by atoms with Crippen LogP contribution in [0.3, 0.4) is 0 Å². The predicted octanol–water partition coefficient (Wildman–Crippen LogP) is 2.00. The number of guanidine groups is 1. The Hall–Kier alpha value is -1.30. The number of rotatable bonds is 6. The average Bonchev–Trinajstić information content (AvgIpc) is 2.95. The second-order valence-electron chi connectivity index (χ2n) is 5.74. The first-order chi connectivity index (χ1) is 10.3. The van der Waals surface area contributed by atoms with Crippen molar-refractivity contribution in [2.24, 2.45) is 4.99 Å². The summed E-state index contributed by atoms with van der Waals surface area (Å²) in [6, 6.07) is 0.642. The molecule has 6 heteroatoms. The van der Waals surface area contributed by atoms with Crippen LogP contribution in [0.2, 0.25) is 0 Å². The van der Waals surface area contributed by atoms with E-state index < -0.39 is 0 Å². The number of aliphatic imine (C=N–C) groups is 1. The van der Waals surface area contributed by atoms with Gasteiger partial charge in [-0.3, -0.25) is 4.99 Å². The maximum atomic E-state index is 4.74. The minimum Gasteiger partial charge on any atom is -0.357 e. The van der Waals surface area contributed by atoms with Crippen LogP contribution in [0.1, 0.15) is 38.3 Å². The van der Waals surface area contributed by atoms with Crippen molar-refractivity contribution in [1.29, 1.82) is 0 Å². The monoisotopic (exact) mass is 307 g/mol. The van der Waals surface area contributed by atoms with Crippen molar-refractivity contribution in [1.82, 2.24) is 15.6 Å². The summed E-state index contributed by atoms with van der Waals surface area (Å²) >= 11 is 1.77. The number of nitrogens with one attached hydrogen (secondary N) is 2. The van der Waals surface area contributed by atoms with Crippen molar-refractivity contribution in [3.05, 3.63) is 11.1 Å². The Balaban J connectivity index is 1.49. The Morgan fingerprint density at radius 2 is 2.24 bits per heavy atom. The lowest BCUT2D eigenvalue weighted by molar-refractivity contribution is 0.805. The highest BCUT2D eigenvalue weighted by Crippen LogP contribution is 2.24. The van der Waals surface area contributed by atoms with Gasteiger partial charge in [-0.15, -0.1) is 11.3 Å². The van der Waals surface area contributed by atoms with E-state index in [4.69, 9.17) is 4.98 Å². The molecule has 2 aliphatic rings. The Kier molecular flexibility index (Phi) is 4.95. The van der Waals surface area contributed by atoms with E-state index in [0.29, 0.717) is 6.04 Å². The summed E-state index contributed by atoms with van der Waals surface area (Å²) in [7, 11) is 0. The molecule has 0 aromatic carbocycles. The van der Waals surface area contributed by atoms with Crippen molar-refractivity contribution >= 4 is 22.4 Å². The third kappa shape index (κ3) is 4.33. The molecular formula is C15H25N5S. The molecule has 5 nitrogen and oxygen atoms in total. The highest BCUT2D eigenvalue weighted by atomic mass is 32.1. The number of nitrogens with zero attached hydrogens (tertiary/aromatic N) is 3. The minimum absolute atomic E-state index is 0.642. The van der Waals surface area contributed by atoms with Gasteiger partial charge in [0.1, 0.15) is 0 Å².